The van der Waals surface area contributed by atoms with Gasteiger partial charge in [0.05, 0.1) is 17.2 Å². The molecule has 0 unspecified atom stereocenters. The number of carbonyl (C=O) groups is 1. The standard InChI is InChI=1S/C15H27NO3.C10H19NO.ClH/c1-13(2,3)15(18)9-10-7-8-11(15)16(10)12(17)19-14(4,5)6;1-9(2,3)10(12)6-7-4-5-8(10)11-7;/h10-11,18H,7-9H2,1-6H3;7-8,11-12H,4-6H2,1-3H3;1H/t10-,11+,15+;7-,8+,10+;/m00./s1. The minimum atomic E-state index is -0.799. The molecule has 6 nitrogen and oxygen atoms in total. The van der Waals surface area contributed by atoms with Crippen molar-refractivity contribution in [3.05, 3.63) is 0 Å². The van der Waals surface area contributed by atoms with Gasteiger partial charge in [-0.3, -0.25) is 4.90 Å². The van der Waals surface area contributed by atoms with E-state index >= 15 is 0 Å². The fourth-order valence-corrected chi connectivity index (χ4v) is 6.15. The van der Waals surface area contributed by atoms with Crippen LogP contribution in [-0.2, 0) is 4.74 Å². The second kappa shape index (κ2) is 8.58. The van der Waals surface area contributed by atoms with Crippen molar-refractivity contribution in [2.24, 2.45) is 10.8 Å². The lowest BCUT2D eigenvalue weighted by Crippen LogP contribution is -2.53. The van der Waals surface area contributed by atoms with Crippen molar-refractivity contribution in [3.63, 3.8) is 0 Å². The zero-order chi connectivity index (χ0) is 23.6. The first-order valence-corrected chi connectivity index (χ1v) is 12.1. The van der Waals surface area contributed by atoms with E-state index in [1.807, 2.05) is 41.5 Å². The van der Waals surface area contributed by atoms with Crippen LogP contribution in [0.25, 0.3) is 0 Å². The lowest BCUT2D eigenvalue weighted by molar-refractivity contribution is -0.0856. The van der Waals surface area contributed by atoms with Crippen LogP contribution in [0.5, 0.6) is 0 Å². The molecule has 4 aliphatic heterocycles. The van der Waals surface area contributed by atoms with Gasteiger partial charge < -0.3 is 20.3 Å². The number of amides is 1. The summed E-state index contributed by atoms with van der Waals surface area (Å²) < 4.78 is 5.48. The number of rotatable bonds is 0. The number of nitrogens with zero attached hydrogens (tertiary/aromatic N) is 1. The molecule has 0 aromatic carbocycles. The minimum Gasteiger partial charge on any atom is -0.444 e. The highest BCUT2D eigenvalue weighted by Gasteiger charge is 2.62. The summed E-state index contributed by atoms with van der Waals surface area (Å²) >= 11 is 0. The second-order valence-corrected chi connectivity index (χ2v) is 13.4. The lowest BCUT2D eigenvalue weighted by Gasteiger charge is -2.43. The van der Waals surface area contributed by atoms with Gasteiger partial charge in [0.25, 0.3) is 0 Å². The maximum Gasteiger partial charge on any atom is 0.410 e. The highest BCUT2D eigenvalue weighted by molar-refractivity contribution is 5.85. The first-order valence-electron chi connectivity index (χ1n) is 12.1. The number of ether oxygens (including phenoxy) is 1. The average Bonchev–Trinajstić information content (AvgIpc) is 3.30. The van der Waals surface area contributed by atoms with Crippen molar-refractivity contribution in [2.45, 2.75) is 142 Å². The van der Waals surface area contributed by atoms with E-state index in [1.54, 1.807) is 4.90 Å². The van der Waals surface area contributed by atoms with Gasteiger partial charge in [-0.25, -0.2) is 4.79 Å². The number of fused-ring (bicyclic) bond motifs is 4. The average molecular weight is 475 g/mol. The molecule has 4 fully saturated rings. The Kier molecular flexibility index (Phi) is 7.43. The molecule has 4 bridgehead atoms. The van der Waals surface area contributed by atoms with Crippen molar-refractivity contribution < 1.29 is 19.7 Å². The zero-order valence-corrected chi connectivity index (χ0v) is 22.4. The van der Waals surface area contributed by atoms with E-state index in [4.69, 9.17) is 4.74 Å². The lowest BCUT2D eigenvalue weighted by atomic mass is 9.68. The monoisotopic (exact) mass is 474 g/mol. The molecule has 4 saturated heterocycles. The molecule has 0 saturated carbocycles. The van der Waals surface area contributed by atoms with Crippen LogP contribution in [0.4, 0.5) is 4.79 Å². The van der Waals surface area contributed by atoms with Gasteiger partial charge in [-0.1, -0.05) is 41.5 Å². The van der Waals surface area contributed by atoms with Crippen molar-refractivity contribution >= 4 is 18.5 Å². The van der Waals surface area contributed by atoms with Crippen LogP contribution in [0, 0.1) is 10.8 Å². The summed E-state index contributed by atoms with van der Waals surface area (Å²) in [4.78, 5) is 14.1. The highest BCUT2D eigenvalue weighted by Crippen LogP contribution is 2.52. The molecule has 0 radical (unpaired) electrons. The zero-order valence-electron chi connectivity index (χ0n) is 21.6. The highest BCUT2D eigenvalue weighted by atomic mass is 35.5. The summed E-state index contributed by atoms with van der Waals surface area (Å²) in [5.74, 6) is 0. The van der Waals surface area contributed by atoms with E-state index in [0.29, 0.717) is 18.5 Å². The van der Waals surface area contributed by atoms with Crippen LogP contribution in [0.3, 0.4) is 0 Å². The van der Waals surface area contributed by atoms with Crippen LogP contribution in [0.2, 0.25) is 0 Å². The molecule has 6 atom stereocenters. The molecular formula is C25H47ClN2O4. The maximum absolute atomic E-state index is 12.3. The smallest absolute Gasteiger partial charge is 0.410 e. The Bertz CT molecular complexity index is 696. The summed E-state index contributed by atoms with van der Waals surface area (Å²) in [6, 6.07) is 0.957. The molecule has 4 heterocycles. The Labute approximate surface area is 201 Å². The van der Waals surface area contributed by atoms with E-state index in [-0.39, 0.29) is 41.4 Å². The van der Waals surface area contributed by atoms with E-state index in [2.05, 4.69) is 26.1 Å². The third-order valence-corrected chi connectivity index (χ3v) is 8.18. The Hall–Kier alpha value is -0.560. The molecule has 1 amide bonds. The van der Waals surface area contributed by atoms with Gasteiger partial charge >= 0.3 is 6.09 Å². The van der Waals surface area contributed by atoms with E-state index in [9.17, 15) is 15.0 Å². The third kappa shape index (κ3) is 4.80. The topological polar surface area (TPSA) is 82.0 Å². The number of nitrogens with one attached hydrogen (secondary N) is 1. The summed E-state index contributed by atoms with van der Waals surface area (Å²) in [7, 11) is 0. The fourth-order valence-electron chi connectivity index (χ4n) is 6.15. The van der Waals surface area contributed by atoms with Crippen LogP contribution in [-0.4, -0.2) is 62.2 Å². The summed E-state index contributed by atoms with van der Waals surface area (Å²) in [6.07, 6.45) is 5.59. The van der Waals surface area contributed by atoms with Crippen LogP contribution < -0.4 is 5.32 Å². The second-order valence-electron chi connectivity index (χ2n) is 13.4. The SMILES string of the molecule is CC(C)(C)OC(=O)N1[C@H]2CC[C@@H]1[C@@](O)(C(C)(C)C)C2.CC(C)(C)[C@@]1(O)C[C@@H]2CC[C@H]1N2.Cl. The molecule has 0 aliphatic carbocycles. The predicted octanol–water partition coefficient (Wildman–Crippen LogP) is 4.65. The number of hydrogen-bond acceptors (Lipinski definition) is 5. The van der Waals surface area contributed by atoms with Crippen molar-refractivity contribution in [2.75, 3.05) is 0 Å². The summed E-state index contributed by atoms with van der Waals surface area (Å²) in [5, 5.41) is 24.9. The fraction of sp³-hybridized carbons (Fsp3) is 0.960. The van der Waals surface area contributed by atoms with Gasteiger partial charge in [-0.05, 0) is 70.1 Å². The van der Waals surface area contributed by atoms with Gasteiger partial charge in [-0.2, -0.15) is 0 Å². The number of halogens is 1. The van der Waals surface area contributed by atoms with Gasteiger partial charge in [0.15, 0.2) is 0 Å². The molecule has 188 valence electrons. The Morgan fingerprint density at radius 2 is 1.44 bits per heavy atom. The molecule has 32 heavy (non-hydrogen) atoms. The molecule has 4 aliphatic rings. The molecule has 0 spiro atoms. The molecule has 4 rings (SSSR count). The quantitative estimate of drug-likeness (QED) is 0.476. The predicted molar refractivity (Wildman–Crippen MR) is 130 cm³/mol. The Balaban J connectivity index is 0.000000241. The van der Waals surface area contributed by atoms with Gasteiger partial charge in [0, 0.05) is 18.1 Å². The Morgan fingerprint density at radius 3 is 1.78 bits per heavy atom. The Morgan fingerprint density at radius 1 is 0.875 bits per heavy atom. The van der Waals surface area contributed by atoms with Gasteiger partial charge in [0.1, 0.15) is 5.60 Å². The molecule has 0 aromatic heterocycles. The van der Waals surface area contributed by atoms with Gasteiger partial charge in [-0.15, -0.1) is 12.4 Å². The maximum atomic E-state index is 12.3. The third-order valence-electron chi connectivity index (χ3n) is 8.18. The van der Waals surface area contributed by atoms with E-state index in [0.717, 1.165) is 25.7 Å². The van der Waals surface area contributed by atoms with Crippen LogP contribution in [0.1, 0.15) is 101 Å². The molecule has 7 heteroatoms. The van der Waals surface area contributed by atoms with Crippen molar-refractivity contribution in [1.82, 2.24) is 10.2 Å². The van der Waals surface area contributed by atoms with Gasteiger partial charge in [0.2, 0.25) is 0 Å². The number of carbonyl (C=O) groups excluding carboxylic acids is 1. The minimum absolute atomic E-state index is 0. The van der Waals surface area contributed by atoms with Crippen LogP contribution in [0.15, 0.2) is 0 Å². The van der Waals surface area contributed by atoms with E-state index < -0.39 is 16.8 Å². The molecule has 0 aromatic rings. The number of aliphatic hydroxyl groups is 2. The molecule has 3 N–H and O–H groups in total. The first-order chi connectivity index (χ1) is 13.9. The van der Waals surface area contributed by atoms with Crippen molar-refractivity contribution in [3.8, 4) is 0 Å². The normalized spacial score (nSPS) is 38.3. The molecular weight excluding hydrogens is 428 g/mol. The largest absolute Gasteiger partial charge is 0.444 e. The summed E-state index contributed by atoms with van der Waals surface area (Å²) in [6.45, 7) is 18.2. The number of hydrogen-bond donors (Lipinski definition) is 3. The first kappa shape index (κ1) is 27.7. The summed E-state index contributed by atoms with van der Waals surface area (Å²) in [5.41, 5.74) is -1.96. The van der Waals surface area contributed by atoms with Crippen molar-refractivity contribution in [1.29, 1.82) is 0 Å². The van der Waals surface area contributed by atoms with Crippen LogP contribution >= 0.6 is 12.4 Å². The van der Waals surface area contributed by atoms with E-state index in [1.165, 1.54) is 6.42 Å².